The van der Waals surface area contributed by atoms with Gasteiger partial charge in [-0.2, -0.15) is 0 Å². The molecular formula is C11H14ClN3. The normalized spacial score (nSPS) is 11.1. The highest BCUT2D eigenvalue weighted by Crippen LogP contribution is 2.18. The molecule has 3 nitrogen and oxygen atoms in total. The molecule has 2 rings (SSSR count). The number of aryl methyl sites for hydroxylation is 1. The van der Waals surface area contributed by atoms with Gasteiger partial charge in [0.25, 0.3) is 0 Å². The zero-order valence-corrected chi connectivity index (χ0v) is 9.24. The van der Waals surface area contributed by atoms with Crippen molar-refractivity contribution in [2.24, 2.45) is 5.73 Å². The molecule has 1 aromatic heterocycles. The van der Waals surface area contributed by atoms with Crippen molar-refractivity contribution < 1.29 is 0 Å². The zero-order valence-electron chi connectivity index (χ0n) is 8.49. The molecule has 0 spiro atoms. The number of hydrogen-bond donors (Lipinski definition) is 1. The van der Waals surface area contributed by atoms with E-state index < -0.39 is 0 Å². The van der Waals surface area contributed by atoms with Gasteiger partial charge in [-0.05, 0) is 37.6 Å². The summed E-state index contributed by atoms with van der Waals surface area (Å²) in [4.78, 5) is 4.31. The van der Waals surface area contributed by atoms with Crippen LogP contribution in [0.5, 0.6) is 0 Å². The average molecular weight is 224 g/mol. The van der Waals surface area contributed by atoms with E-state index in [9.17, 15) is 0 Å². The average Bonchev–Trinajstić information content (AvgIpc) is 2.61. The van der Waals surface area contributed by atoms with E-state index in [-0.39, 0.29) is 0 Å². The third-order valence-corrected chi connectivity index (χ3v) is 2.67. The number of halogens is 1. The van der Waals surface area contributed by atoms with Crippen molar-refractivity contribution in [3.8, 4) is 0 Å². The summed E-state index contributed by atoms with van der Waals surface area (Å²) in [5.41, 5.74) is 7.55. The molecule has 0 unspecified atom stereocenters. The van der Waals surface area contributed by atoms with Crippen LogP contribution in [-0.4, -0.2) is 16.1 Å². The Labute approximate surface area is 93.9 Å². The fourth-order valence-corrected chi connectivity index (χ4v) is 1.81. The second kappa shape index (κ2) is 4.64. The van der Waals surface area contributed by atoms with Gasteiger partial charge < -0.3 is 10.3 Å². The second-order valence-corrected chi connectivity index (χ2v) is 4.00. The Morgan fingerprint density at radius 2 is 2.20 bits per heavy atom. The van der Waals surface area contributed by atoms with Crippen LogP contribution in [0.15, 0.2) is 24.5 Å². The van der Waals surface area contributed by atoms with Crippen molar-refractivity contribution >= 4 is 22.6 Å². The third kappa shape index (κ3) is 2.30. The van der Waals surface area contributed by atoms with E-state index in [2.05, 4.69) is 9.55 Å². The monoisotopic (exact) mass is 223 g/mol. The van der Waals surface area contributed by atoms with Crippen LogP contribution < -0.4 is 5.73 Å². The Balaban J connectivity index is 2.21. The fraction of sp³-hybridized carbons (Fsp3) is 0.364. The summed E-state index contributed by atoms with van der Waals surface area (Å²) in [6.45, 7) is 1.72. The molecule has 0 bridgehead atoms. The Hall–Kier alpha value is -1.06. The minimum absolute atomic E-state index is 0.731. The van der Waals surface area contributed by atoms with Gasteiger partial charge in [-0.15, -0.1) is 0 Å². The summed E-state index contributed by atoms with van der Waals surface area (Å²) < 4.78 is 2.14. The first-order valence-corrected chi connectivity index (χ1v) is 5.49. The van der Waals surface area contributed by atoms with Gasteiger partial charge in [-0.25, -0.2) is 4.98 Å². The minimum atomic E-state index is 0.731. The van der Waals surface area contributed by atoms with E-state index in [0.717, 1.165) is 42.0 Å². The molecular weight excluding hydrogens is 210 g/mol. The molecule has 0 amide bonds. The predicted octanol–water partition coefficient (Wildman–Crippen LogP) is 2.43. The first-order chi connectivity index (χ1) is 7.31. The first kappa shape index (κ1) is 10.5. The van der Waals surface area contributed by atoms with Crippen LogP contribution in [0.4, 0.5) is 0 Å². The second-order valence-electron chi connectivity index (χ2n) is 3.57. The standard InChI is InChI=1S/C11H14ClN3/c12-9-3-4-11-10(7-9)14-8-15(11)6-2-1-5-13/h3-4,7-8H,1-2,5-6,13H2. The molecule has 1 aromatic carbocycles. The summed E-state index contributed by atoms with van der Waals surface area (Å²) >= 11 is 5.89. The molecule has 15 heavy (non-hydrogen) atoms. The lowest BCUT2D eigenvalue weighted by Gasteiger charge is -2.02. The maximum Gasteiger partial charge on any atom is 0.0958 e. The number of nitrogens with two attached hydrogens (primary N) is 1. The molecule has 0 aliphatic carbocycles. The van der Waals surface area contributed by atoms with Gasteiger partial charge in [0.15, 0.2) is 0 Å². The molecule has 2 aromatic rings. The van der Waals surface area contributed by atoms with Gasteiger partial charge in [0.1, 0.15) is 0 Å². The summed E-state index contributed by atoms with van der Waals surface area (Å²) in [6, 6.07) is 5.79. The van der Waals surface area contributed by atoms with Gasteiger partial charge >= 0.3 is 0 Å². The lowest BCUT2D eigenvalue weighted by atomic mass is 10.3. The van der Waals surface area contributed by atoms with Crippen molar-refractivity contribution in [3.05, 3.63) is 29.5 Å². The van der Waals surface area contributed by atoms with Crippen molar-refractivity contribution in [2.75, 3.05) is 6.54 Å². The van der Waals surface area contributed by atoms with E-state index >= 15 is 0 Å². The summed E-state index contributed by atoms with van der Waals surface area (Å²) in [5.74, 6) is 0. The minimum Gasteiger partial charge on any atom is -0.331 e. The number of rotatable bonds is 4. The highest BCUT2D eigenvalue weighted by molar-refractivity contribution is 6.31. The number of aromatic nitrogens is 2. The number of fused-ring (bicyclic) bond motifs is 1. The SMILES string of the molecule is NCCCCn1cnc2cc(Cl)ccc21. The molecule has 0 atom stereocenters. The van der Waals surface area contributed by atoms with Crippen LogP contribution >= 0.6 is 11.6 Å². The van der Waals surface area contributed by atoms with Gasteiger partial charge in [0, 0.05) is 11.6 Å². The van der Waals surface area contributed by atoms with E-state index in [1.807, 2.05) is 24.5 Å². The van der Waals surface area contributed by atoms with E-state index in [1.54, 1.807) is 0 Å². The summed E-state index contributed by atoms with van der Waals surface area (Å²) in [7, 11) is 0. The van der Waals surface area contributed by atoms with Crippen LogP contribution in [0.1, 0.15) is 12.8 Å². The third-order valence-electron chi connectivity index (χ3n) is 2.44. The number of unbranched alkanes of at least 4 members (excludes halogenated alkanes) is 1. The van der Waals surface area contributed by atoms with Crippen molar-refractivity contribution in [3.63, 3.8) is 0 Å². The van der Waals surface area contributed by atoms with Crippen LogP contribution in [0, 0.1) is 0 Å². The number of nitrogens with zero attached hydrogens (tertiary/aromatic N) is 2. The van der Waals surface area contributed by atoms with Gasteiger partial charge in [0.05, 0.1) is 17.4 Å². The first-order valence-electron chi connectivity index (χ1n) is 5.12. The van der Waals surface area contributed by atoms with Crippen LogP contribution in [-0.2, 0) is 6.54 Å². The summed E-state index contributed by atoms with van der Waals surface area (Å²) in [6.07, 6.45) is 4.00. The molecule has 2 N–H and O–H groups in total. The quantitative estimate of drug-likeness (QED) is 0.810. The molecule has 1 heterocycles. The van der Waals surface area contributed by atoms with Gasteiger partial charge in [-0.3, -0.25) is 0 Å². The molecule has 4 heteroatoms. The number of imidazole rings is 1. The van der Waals surface area contributed by atoms with Crippen LogP contribution in [0.3, 0.4) is 0 Å². The Kier molecular flexibility index (Phi) is 3.23. The molecule has 0 fully saturated rings. The Bertz CT molecular complexity index is 450. The molecule has 0 aliphatic heterocycles. The van der Waals surface area contributed by atoms with Gasteiger partial charge in [-0.1, -0.05) is 11.6 Å². The predicted molar refractivity (Wildman–Crippen MR) is 63.0 cm³/mol. The van der Waals surface area contributed by atoms with Crippen molar-refractivity contribution in [1.29, 1.82) is 0 Å². The van der Waals surface area contributed by atoms with Crippen molar-refractivity contribution in [1.82, 2.24) is 9.55 Å². The lowest BCUT2D eigenvalue weighted by Crippen LogP contribution is -2.02. The molecule has 0 aliphatic rings. The topological polar surface area (TPSA) is 43.8 Å². The van der Waals surface area contributed by atoms with E-state index in [1.165, 1.54) is 0 Å². The zero-order chi connectivity index (χ0) is 10.7. The van der Waals surface area contributed by atoms with Crippen molar-refractivity contribution in [2.45, 2.75) is 19.4 Å². The lowest BCUT2D eigenvalue weighted by molar-refractivity contribution is 0.627. The molecule has 0 saturated heterocycles. The largest absolute Gasteiger partial charge is 0.331 e. The van der Waals surface area contributed by atoms with E-state index in [4.69, 9.17) is 17.3 Å². The summed E-state index contributed by atoms with van der Waals surface area (Å²) in [5, 5.41) is 0.731. The maximum atomic E-state index is 5.89. The Morgan fingerprint density at radius 3 is 3.00 bits per heavy atom. The Morgan fingerprint density at radius 1 is 1.33 bits per heavy atom. The molecule has 0 radical (unpaired) electrons. The highest BCUT2D eigenvalue weighted by atomic mass is 35.5. The smallest absolute Gasteiger partial charge is 0.0958 e. The molecule has 80 valence electrons. The highest BCUT2D eigenvalue weighted by Gasteiger charge is 2.02. The number of hydrogen-bond acceptors (Lipinski definition) is 2. The van der Waals surface area contributed by atoms with E-state index in [0.29, 0.717) is 0 Å². The maximum absolute atomic E-state index is 5.89. The van der Waals surface area contributed by atoms with Crippen LogP contribution in [0.2, 0.25) is 5.02 Å². The number of benzene rings is 1. The molecule has 0 saturated carbocycles. The van der Waals surface area contributed by atoms with Crippen LogP contribution in [0.25, 0.3) is 11.0 Å². The fourth-order valence-electron chi connectivity index (χ4n) is 1.64. The van der Waals surface area contributed by atoms with Gasteiger partial charge in [0.2, 0.25) is 0 Å².